The number of anilines is 1. The first-order chi connectivity index (χ1) is 22.1. The minimum Gasteiger partial charge on any atom is -0.748 e. The molecule has 0 spiro atoms. The van der Waals surface area contributed by atoms with Gasteiger partial charge in [-0.05, 0) is 80.9 Å². The molecular formula is C34H42N3NaO9S. The number of allylic oxidation sites excluding steroid dienone is 5. The van der Waals surface area contributed by atoms with Crippen molar-refractivity contribution >= 4 is 45.7 Å². The quantitative estimate of drug-likeness (QED) is 0.100. The number of aliphatic carboxylic acids is 1. The van der Waals surface area contributed by atoms with E-state index in [1.807, 2.05) is 12.1 Å². The fourth-order valence-electron chi connectivity index (χ4n) is 6.04. The first-order valence-electron chi connectivity index (χ1n) is 15.9. The molecule has 1 saturated heterocycles. The molecule has 2 heterocycles. The van der Waals surface area contributed by atoms with Crippen LogP contribution in [0.1, 0.15) is 71.8 Å². The Labute approximate surface area is 304 Å². The largest absolute Gasteiger partial charge is 1.00 e. The Kier molecular flexibility index (Phi) is 13.4. The molecule has 14 heteroatoms. The van der Waals surface area contributed by atoms with Crippen molar-refractivity contribution in [2.75, 3.05) is 36.8 Å². The fourth-order valence-corrected chi connectivity index (χ4v) is 6.52. The molecule has 48 heavy (non-hydrogen) atoms. The molecule has 3 aliphatic rings. The minimum absolute atomic E-state index is 0. The van der Waals surface area contributed by atoms with Gasteiger partial charge in [-0.3, -0.25) is 24.2 Å². The third kappa shape index (κ3) is 9.47. The van der Waals surface area contributed by atoms with Gasteiger partial charge in [-0.2, -0.15) is 0 Å². The Morgan fingerprint density at radius 2 is 1.65 bits per heavy atom. The van der Waals surface area contributed by atoms with E-state index in [1.165, 1.54) is 6.08 Å². The number of imide groups is 2. The van der Waals surface area contributed by atoms with Gasteiger partial charge in [-0.25, -0.2) is 13.2 Å². The number of rotatable bonds is 14. The van der Waals surface area contributed by atoms with E-state index in [4.69, 9.17) is 9.84 Å². The normalized spacial score (nSPS) is 18.9. The second-order valence-electron chi connectivity index (χ2n) is 12.5. The molecule has 12 nitrogen and oxygen atoms in total. The van der Waals surface area contributed by atoms with Crippen molar-refractivity contribution < 1.29 is 71.5 Å². The second kappa shape index (κ2) is 16.4. The minimum atomic E-state index is -4.58. The van der Waals surface area contributed by atoms with Gasteiger partial charge in [0, 0.05) is 61.2 Å². The SMILES string of the molecule is CCN(CC)c1ccc2c(c1)OC1=C/C(=C/C=C3/C(=O)N(CCCCCC(=O)O)C(=O)N(CCCS(=O)(=O)[O-])C3=O)CC(C)(C)C1=C2.[Na+]. The number of hydrogen-bond donors (Lipinski definition) is 1. The van der Waals surface area contributed by atoms with Crippen molar-refractivity contribution in [2.24, 2.45) is 5.41 Å². The van der Waals surface area contributed by atoms with Crippen LogP contribution in [-0.2, 0) is 24.5 Å². The monoisotopic (exact) mass is 691 g/mol. The number of barbiturate groups is 1. The third-order valence-corrected chi connectivity index (χ3v) is 9.32. The van der Waals surface area contributed by atoms with Crippen molar-refractivity contribution in [1.29, 1.82) is 0 Å². The van der Waals surface area contributed by atoms with Crippen molar-refractivity contribution in [1.82, 2.24) is 9.80 Å². The smallest absolute Gasteiger partial charge is 0.748 e. The van der Waals surface area contributed by atoms with Crippen LogP contribution in [0.3, 0.4) is 0 Å². The topological polar surface area (TPSA) is 165 Å². The molecule has 1 aliphatic carbocycles. The van der Waals surface area contributed by atoms with Crippen LogP contribution in [0.4, 0.5) is 10.5 Å². The number of carbonyl (C=O) groups is 4. The molecule has 0 saturated carbocycles. The molecule has 4 amide bonds. The zero-order valence-corrected chi connectivity index (χ0v) is 31.1. The van der Waals surface area contributed by atoms with Crippen LogP contribution in [0.15, 0.2) is 58.9 Å². The maximum Gasteiger partial charge on any atom is 1.00 e. The van der Waals surface area contributed by atoms with E-state index in [0.717, 1.165) is 51.0 Å². The summed E-state index contributed by atoms with van der Waals surface area (Å²) in [6.07, 6.45) is 8.39. The van der Waals surface area contributed by atoms with E-state index >= 15 is 0 Å². The van der Waals surface area contributed by atoms with Gasteiger partial charge < -0.3 is 19.3 Å². The number of amides is 4. The van der Waals surface area contributed by atoms with E-state index in [1.54, 1.807) is 6.08 Å². The Morgan fingerprint density at radius 1 is 1.00 bits per heavy atom. The average molecular weight is 692 g/mol. The number of fused-ring (bicyclic) bond motifs is 2. The van der Waals surface area contributed by atoms with E-state index < -0.39 is 39.7 Å². The van der Waals surface area contributed by atoms with Crippen LogP contribution in [0.25, 0.3) is 6.08 Å². The fraction of sp³-hybridized carbons (Fsp3) is 0.471. The number of carboxylic acids is 1. The van der Waals surface area contributed by atoms with Gasteiger partial charge in [0.05, 0.1) is 10.1 Å². The summed E-state index contributed by atoms with van der Waals surface area (Å²) in [5.74, 6) is -2.00. The zero-order valence-electron chi connectivity index (χ0n) is 28.3. The number of carbonyl (C=O) groups excluding carboxylic acids is 3. The van der Waals surface area contributed by atoms with Gasteiger partial charge in [-0.1, -0.05) is 26.3 Å². The zero-order chi connectivity index (χ0) is 34.5. The number of urea groups is 1. The van der Waals surface area contributed by atoms with E-state index in [0.29, 0.717) is 31.4 Å². The Bertz CT molecular complexity index is 1670. The van der Waals surface area contributed by atoms with Crippen LogP contribution in [0.2, 0.25) is 0 Å². The number of benzene rings is 1. The van der Waals surface area contributed by atoms with Gasteiger partial charge in [-0.15, -0.1) is 0 Å². The molecular weight excluding hydrogens is 649 g/mol. The molecule has 0 bridgehead atoms. The molecule has 1 aromatic carbocycles. The van der Waals surface area contributed by atoms with Gasteiger partial charge in [0.25, 0.3) is 11.8 Å². The summed E-state index contributed by atoms with van der Waals surface area (Å²) in [4.78, 5) is 54.8. The predicted molar refractivity (Wildman–Crippen MR) is 175 cm³/mol. The van der Waals surface area contributed by atoms with Crippen LogP contribution >= 0.6 is 0 Å². The van der Waals surface area contributed by atoms with E-state index in [2.05, 4.69) is 50.8 Å². The van der Waals surface area contributed by atoms with Crippen molar-refractivity contribution in [2.45, 2.75) is 66.2 Å². The maximum atomic E-state index is 13.5. The van der Waals surface area contributed by atoms with Crippen LogP contribution < -0.4 is 39.2 Å². The molecule has 0 unspecified atom stereocenters. The van der Waals surface area contributed by atoms with E-state index in [-0.39, 0.29) is 66.5 Å². The van der Waals surface area contributed by atoms with Crippen LogP contribution in [0.5, 0.6) is 5.75 Å². The summed E-state index contributed by atoms with van der Waals surface area (Å²) in [7, 11) is -4.58. The molecule has 254 valence electrons. The van der Waals surface area contributed by atoms with Crippen LogP contribution in [-0.4, -0.2) is 83.6 Å². The summed E-state index contributed by atoms with van der Waals surface area (Å²) in [6, 6.07) is 5.25. The van der Waals surface area contributed by atoms with Gasteiger partial charge in [0.2, 0.25) is 0 Å². The second-order valence-corrected chi connectivity index (χ2v) is 14.0. The van der Waals surface area contributed by atoms with Crippen LogP contribution in [0, 0.1) is 5.41 Å². The number of carboxylic acid groups (broad SMARTS) is 1. The maximum absolute atomic E-state index is 13.5. The number of unbranched alkanes of at least 4 members (excludes halogenated alkanes) is 2. The molecule has 4 rings (SSSR count). The molecule has 2 aliphatic heterocycles. The van der Waals surface area contributed by atoms with Crippen molar-refractivity contribution in [3.05, 3.63) is 64.5 Å². The molecule has 0 aromatic heterocycles. The molecule has 1 N–H and O–H groups in total. The Morgan fingerprint density at radius 3 is 2.25 bits per heavy atom. The van der Waals surface area contributed by atoms with Gasteiger partial charge >= 0.3 is 41.6 Å². The van der Waals surface area contributed by atoms with Gasteiger partial charge in [0.1, 0.15) is 17.1 Å². The summed E-state index contributed by atoms with van der Waals surface area (Å²) < 4.78 is 39.9. The average Bonchev–Trinajstić information content (AvgIpc) is 2.99. The predicted octanol–water partition coefficient (Wildman–Crippen LogP) is 1.85. The summed E-state index contributed by atoms with van der Waals surface area (Å²) in [5.41, 5.74) is 3.22. The Balaban J connectivity index is 0.00000625. The summed E-state index contributed by atoms with van der Waals surface area (Å²) in [5, 5.41) is 8.88. The van der Waals surface area contributed by atoms with E-state index in [9.17, 15) is 32.1 Å². The van der Waals surface area contributed by atoms with Gasteiger partial charge in [0.15, 0.2) is 0 Å². The summed E-state index contributed by atoms with van der Waals surface area (Å²) in [6.45, 7) is 9.65. The number of ether oxygens (including phenoxy) is 1. The number of hydrogen-bond acceptors (Lipinski definition) is 9. The van der Waals surface area contributed by atoms with Crippen molar-refractivity contribution in [3.8, 4) is 5.75 Å². The van der Waals surface area contributed by atoms with Crippen molar-refractivity contribution in [3.63, 3.8) is 0 Å². The third-order valence-electron chi connectivity index (χ3n) is 8.53. The summed E-state index contributed by atoms with van der Waals surface area (Å²) >= 11 is 0. The molecule has 0 atom stereocenters. The first kappa shape index (κ1) is 39.2. The first-order valence-corrected chi connectivity index (χ1v) is 17.5. The Hall–Kier alpha value is -3.23. The molecule has 1 aromatic rings. The molecule has 0 radical (unpaired) electrons. The number of nitrogens with zero attached hydrogens (tertiary/aromatic N) is 3. The standard InChI is InChI=1S/C34H43N3O9S.Na/c1-5-35(6-2)25-14-13-24-20-27-29(46-28(24)21-25)19-23(22-34(27,3)4)12-15-26-31(40)36(16-9-7-8-11-30(38)39)33(42)37(32(26)41)17-10-18-47(43,44)45;/h12-15,19-21H,5-11,16-18,22H2,1-4H3,(H,38,39)(H,43,44,45);/q;+1/p-1/b23-12-,26-15-;. The molecule has 1 fully saturated rings.